The van der Waals surface area contributed by atoms with Crippen molar-refractivity contribution in [3.63, 3.8) is 0 Å². The first-order chi connectivity index (χ1) is 4.74. The molecular formula is C7H8BrCl2N. The third-order valence-corrected chi connectivity index (χ3v) is 1.96. The van der Waals surface area contributed by atoms with Gasteiger partial charge >= 0.3 is 0 Å². The zero-order valence-corrected chi connectivity index (χ0v) is 8.91. The second-order valence-electron chi connectivity index (χ2n) is 1.95. The van der Waals surface area contributed by atoms with Gasteiger partial charge in [-0.15, -0.1) is 17.0 Å². The molecular weight excluding hydrogens is 249 g/mol. The summed E-state index contributed by atoms with van der Waals surface area (Å²) in [5, 5.41) is 1.13. The Balaban J connectivity index is 0.000001000. The lowest BCUT2D eigenvalue weighted by atomic mass is 10.2. The van der Waals surface area contributed by atoms with E-state index in [0.717, 1.165) is 5.56 Å². The molecule has 4 heteroatoms. The SMILES string of the molecule is Br.NCc1ccc(Cl)c(Cl)c1. The van der Waals surface area contributed by atoms with Gasteiger partial charge in [0.15, 0.2) is 0 Å². The van der Waals surface area contributed by atoms with Gasteiger partial charge in [-0.25, -0.2) is 0 Å². The summed E-state index contributed by atoms with van der Waals surface area (Å²) in [5.74, 6) is 0. The average Bonchev–Trinajstić information content (AvgIpc) is 1.95. The van der Waals surface area contributed by atoms with Crippen molar-refractivity contribution in [1.82, 2.24) is 0 Å². The fraction of sp³-hybridized carbons (Fsp3) is 0.143. The minimum atomic E-state index is 0. The molecule has 0 aromatic heterocycles. The van der Waals surface area contributed by atoms with Crippen LogP contribution in [0.3, 0.4) is 0 Å². The van der Waals surface area contributed by atoms with Crippen molar-refractivity contribution in [3.05, 3.63) is 33.8 Å². The van der Waals surface area contributed by atoms with Gasteiger partial charge in [0.25, 0.3) is 0 Å². The number of rotatable bonds is 1. The number of hydrogen-bond donors (Lipinski definition) is 1. The Morgan fingerprint density at radius 1 is 1.18 bits per heavy atom. The van der Waals surface area contributed by atoms with Crippen LogP contribution in [0.5, 0.6) is 0 Å². The van der Waals surface area contributed by atoms with Crippen LogP contribution >= 0.6 is 40.2 Å². The molecule has 0 saturated carbocycles. The Hall–Kier alpha value is 0.240. The van der Waals surface area contributed by atoms with E-state index in [1.165, 1.54) is 0 Å². The molecule has 0 heterocycles. The smallest absolute Gasteiger partial charge is 0.0595 e. The van der Waals surface area contributed by atoms with Crippen LogP contribution in [0, 0.1) is 0 Å². The van der Waals surface area contributed by atoms with Crippen molar-refractivity contribution in [3.8, 4) is 0 Å². The zero-order chi connectivity index (χ0) is 7.56. The lowest BCUT2D eigenvalue weighted by Crippen LogP contribution is -1.95. The fourth-order valence-electron chi connectivity index (χ4n) is 0.667. The first kappa shape index (κ1) is 11.2. The molecule has 1 aromatic carbocycles. The van der Waals surface area contributed by atoms with Crippen molar-refractivity contribution < 1.29 is 0 Å². The zero-order valence-electron chi connectivity index (χ0n) is 5.68. The molecule has 0 bridgehead atoms. The summed E-state index contributed by atoms with van der Waals surface area (Å²) in [7, 11) is 0. The predicted molar refractivity (Wildman–Crippen MR) is 54.7 cm³/mol. The summed E-state index contributed by atoms with van der Waals surface area (Å²) in [6, 6.07) is 5.37. The van der Waals surface area contributed by atoms with Gasteiger partial charge in [-0.3, -0.25) is 0 Å². The molecule has 0 aliphatic carbocycles. The highest BCUT2D eigenvalue weighted by Gasteiger charge is 1.96. The molecule has 0 unspecified atom stereocenters. The summed E-state index contributed by atoms with van der Waals surface area (Å²) in [4.78, 5) is 0. The van der Waals surface area contributed by atoms with E-state index in [9.17, 15) is 0 Å². The first-order valence-electron chi connectivity index (χ1n) is 2.88. The highest BCUT2D eigenvalue weighted by molar-refractivity contribution is 8.93. The molecule has 0 amide bonds. The summed E-state index contributed by atoms with van der Waals surface area (Å²) < 4.78 is 0. The predicted octanol–water partition coefficient (Wildman–Crippen LogP) is 3.03. The Bertz CT molecular complexity index is 240. The maximum Gasteiger partial charge on any atom is 0.0595 e. The third kappa shape index (κ3) is 2.99. The van der Waals surface area contributed by atoms with E-state index in [-0.39, 0.29) is 17.0 Å². The van der Waals surface area contributed by atoms with Crippen molar-refractivity contribution in [1.29, 1.82) is 0 Å². The molecule has 1 nitrogen and oxygen atoms in total. The monoisotopic (exact) mass is 255 g/mol. The second kappa shape index (κ2) is 4.99. The molecule has 1 rings (SSSR count). The Morgan fingerprint density at radius 3 is 2.27 bits per heavy atom. The largest absolute Gasteiger partial charge is 0.326 e. The van der Waals surface area contributed by atoms with Gasteiger partial charge in [-0.2, -0.15) is 0 Å². The molecule has 0 spiro atoms. The summed E-state index contributed by atoms with van der Waals surface area (Å²) in [6.07, 6.45) is 0. The van der Waals surface area contributed by atoms with Crippen molar-refractivity contribution in [2.24, 2.45) is 5.73 Å². The van der Waals surface area contributed by atoms with E-state index >= 15 is 0 Å². The molecule has 0 atom stereocenters. The van der Waals surface area contributed by atoms with Crippen molar-refractivity contribution in [2.75, 3.05) is 0 Å². The molecule has 0 aliphatic rings. The quantitative estimate of drug-likeness (QED) is 0.822. The summed E-state index contributed by atoms with van der Waals surface area (Å²) >= 11 is 11.4. The molecule has 1 aromatic rings. The van der Waals surface area contributed by atoms with E-state index in [4.69, 9.17) is 28.9 Å². The van der Waals surface area contributed by atoms with Crippen LogP contribution in [0.4, 0.5) is 0 Å². The van der Waals surface area contributed by atoms with E-state index in [1.807, 2.05) is 6.07 Å². The van der Waals surface area contributed by atoms with Gasteiger partial charge in [0.05, 0.1) is 10.0 Å². The Labute approximate surface area is 86.3 Å². The van der Waals surface area contributed by atoms with Crippen LogP contribution in [0.2, 0.25) is 10.0 Å². The molecule has 11 heavy (non-hydrogen) atoms. The standard InChI is InChI=1S/C7H7Cl2N.BrH/c8-6-2-1-5(4-10)3-7(6)9;/h1-3H,4,10H2;1H. The van der Waals surface area contributed by atoms with Gasteiger partial charge in [0.1, 0.15) is 0 Å². The Morgan fingerprint density at radius 2 is 1.82 bits per heavy atom. The van der Waals surface area contributed by atoms with Gasteiger partial charge in [-0.05, 0) is 17.7 Å². The minimum absolute atomic E-state index is 0. The lowest BCUT2D eigenvalue weighted by molar-refractivity contribution is 1.07. The molecule has 0 aliphatic heterocycles. The molecule has 62 valence electrons. The molecule has 2 N–H and O–H groups in total. The number of benzene rings is 1. The van der Waals surface area contributed by atoms with Gasteiger partial charge in [0, 0.05) is 6.54 Å². The lowest BCUT2D eigenvalue weighted by Gasteiger charge is -1.97. The summed E-state index contributed by atoms with van der Waals surface area (Å²) in [5.41, 5.74) is 6.36. The van der Waals surface area contributed by atoms with Crippen LogP contribution in [-0.4, -0.2) is 0 Å². The van der Waals surface area contributed by atoms with E-state index in [1.54, 1.807) is 12.1 Å². The highest BCUT2D eigenvalue weighted by atomic mass is 79.9. The fourth-order valence-corrected chi connectivity index (χ4v) is 0.987. The summed E-state index contributed by atoms with van der Waals surface area (Å²) in [6.45, 7) is 0.497. The maximum absolute atomic E-state index is 5.71. The van der Waals surface area contributed by atoms with E-state index in [0.29, 0.717) is 16.6 Å². The van der Waals surface area contributed by atoms with Crippen LogP contribution in [0.1, 0.15) is 5.56 Å². The minimum Gasteiger partial charge on any atom is -0.326 e. The first-order valence-corrected chi connectivity index (χ1v) is 3.63. The molecule has 0 radical (unpaired) electrons. The van der Waals surface area contributed by atoms with Gasteiger partial charge in [-0.1, -0.05) is 29.3 Å². The van der Waals surface area contributed by atoms with Crippen LogP contribution in [-0.2, 0) is 6.54 Å². The maximum atomic E-state index is 5.71. The van der Waals surface area contributed by atoms with Crippen LogP contribution < -0.4 is 5.73 Å². The number of halogens is 3. The van der Waals surface area contributed by atoms with Crippen molar-refractivity contribution in [2.45, 2.75) is 6.54 Å². The van der Waals surface area contributed by atoms with E-state index < -0.39 is 0 Å². The molecule has 0 fully saturated rings. The topological polar surface area (TPSA) is 26.0 Å². The average molecular weight is 257 g/mol. The second-order valence-corrected chi connectivity index (χ2v) is 2.77. The van der Waals surface area contributed by atoms with Crippen LogP contribution in [0.15, 0.2) is 18.2 Å². The Kier molecular flexibility index (Phi) is 5.10. The van der Waals surface area contributed by atoms with Gasteiger partial charge in [0.2, 0.25) is 0 Å². The van der Waals surface area contributed by atoms with Crippen molar-refractivity contribution >= 4 is 40.2 Å². The van der Waals surface area contributed by atoms with E-state index in [2.05, 4.69) is 0 Å². The highest BCUT2D eigenvalue weighted by Crippen LogP contribution is 2.21. The number of nitrogens with two attached hydrogens (primary N) is 1. The normalized spacial score (nSPS) is 9.00. The molecule has 0 saturated heterocycles. The third-order valence-electron chi connectivity index (χ3n) is 1.22. The van der Waals surface area contributed by atoms with Gasteiger partial charge < -0.3 is 5.73 Å². The number of hydrogen-bond acceptors (Lipinski definition) is 1. The van der Waals surface area contributed by atoms with Crippen LogP contribution in [0.25, 0.3) is 0 Å².